The Morgan fingerprint density at radius 2 is 1.77 bits per heavy atom. The predicted octanol–water partition coefficient (Wildman–Crippen LogP) is 3.29. The van der Waals surface area contributed by atoms with E-state index in [2.05, 4.69) is 42.7 Å². The molecule has 1 aromatic rings. The fourth-order valence-electron chi connectivity index (χ4n) is 3.64. The molecule has 3 rings (SSSR count). The summed E-state index contributed by atoms with van der Waals surface area (Å²) in [5, 5.41) is 0. The van der Waals surface area contributed by atoms with Crippen LogP contribution in [-0.4, -0.2) is 47.9 Å². The first-order valence-corrected chi connectivity index (χ1v) is 8.59. The highest BCUT2D eigenvalue weighted by atomic mass is 16.2. The molecule has 2 fully saturated rings. The SMILES string of the molecule is CC(C)(C)c1ccc(C(=O)N2CCN3CCCCC3C2)cc1. The second kappa shape index (κ2) is 6.04. The third-order valence-corrected chi connectivity index (χ3v) is 5.12. The maximum Gasteiger partial charge on any atom is 0.253 e. The summed E-state index contributed by atoms with van der Waals surface area (Å²) >= 11 is 0. The zero-order valence-electron chi connectivity index (χ0n) is 14.1. The number of nitrogens with zero attached hydrogens (tertiary/aromatic N) is 2. The molecule has 0 aliphatic carbocycles. The Morgan fingerprint density at radius 1 is 1.05 bits per heavy atom. The van der Waals surface area contributed by atoms with E-state index in [1.54, 1.807) is 0 Å². The number of rotatable bonds is 1. The Hall–Kier alpha value is -1.35. The number of piperazine rings is 1. The minimum Gasteiger partial charge on any atom is -0.336 e. The van der Waals surface area contributed by atoms with Gasteiger partial charge in [0.15, 0.2) is 0 Å². The predicted molar refractivity (Wildman–Crippen MR) is 90.3 cm³/mol. The molecule has 0 saturated carbocycles. The molecule has 2 heterocycles. The van der Waals surface area contributed by atoms with E-state index in [9.17, 15) is 4.79 Å². The van der Waals surface area contributed by atoms with E-state index in [1.807, 2.05) is 12.1 Å². The van der Waals surface area contributed by atoms with Gasteiger partial charge < -0.3 is 4.90 Å². The number of amides is 1. The van der Waals surface area contributed by atoms with Crippen LogP contribution in [0.3, 0.4) is 0 Å². The van der Waals surface area contributed by atoms with Gasteiger partial charge in [0.1, 0.15) is 0 Å². The van der Waals surface area contributed by atoms with Gasteiger partial charge in [-0.2, -0.15) is 0 Å². The van der Waals surface area contributed by atoms with Gasteiger partial charge in [0.2, 0.25) is 0 Å². The van der Waals surface area contributed by atoms with Gasteiger partial charge in [-0.3, -0.25) is 9.69 Å². The molecule has 22 heavy (non-hydrogen) atoms. The van der Waals surface area contributed by atoms with Gasteiger partial charge in [-0.1, -0.05) is 39.3 Å². The first kappa shape index (κ1) is 15.5. The molecule has 0 bridgehead atoms. The lowest BCUT2D eigenvalue weighted by Crippen LogP contribution is -2.56. The first-order chi connectivity index (χ1) is 10.4. The molecular formula is C19H28N2O. The third kappa shape index (κ3) is 3.19. The van der Waals surface area contributed by atoms with Gasteiger partial charge in [0.05, 0.1) is 0 Å². The van der Waals surface area contributed by atoms with Gasteiger partial charge in [0.25, 0.3) is 5.91 Å². The maximum atomic E-state index is 12.7. The van der Waals surface area contributed by atoms with Gasteiger partial charge in [-0.15, -0.1) is 0 Å². The van der Waals surface area contributed by atoms with Crippen LogP contribution in [0.4, 0.5) is 0 Å². The lowest BCUT2D eigenvalue weighted by Gasteiger charge is -2.44. The highest BCUT2D eigenvalue weighted by Gasteiger charge is 2.31. The smallest absolute Gasteiger partial charge is 0.253 e. The second-order valence-corrected chi connectivity index (χ2v) is 7.76. The summed E-state index contributed by atoms with van der Waals surface area (Å²) in [5.41, 5.74) is 2.24. The van der Waals surface area contributed by atoms with Crippen molar-refractivity contribution >= 4 is 5.91 Å². The Balaban J connectivity index is 1.68. The highest BCUT2D eigenvalue weighted by Crippen LogP contribution is 2.24. The van der Waals surface area contributed by atoms with Crippen molar-refractivity contribution in [2.45, 2.75) is 51.5 Å². The zero-order chi connectivity index (χ0) is 15.7. The van der Waals surface area contributed by atoms with E-state index in [0.29, 0.717) is 6.04 Å². The summed E-state index contributed by atoms with van der Waals surface area (Å²) in [6.45, 7) is 10.6. The number of hydrogen-bond acceptors (Lipinski definition) is 2. The monoisotopic (exact) mass is 300 g/mol. The molecule has 2 aliphatic rings. The quantitative estimate of drug-likeness (QED) is 0.794. The van der Waals surface area contributed by atoms with Crippen molar-refractivity contribution < 1.29 is 4.79 Å². The minimum absolute atomic E-state index is 0.134. The Bertz CT molecular complexity index is 529. The number of piperidine rings is 1. The molecule has 3 nitrogen and oxygen atoms in total. The standard InChI is InChI=1S/C19H28N2O/c1-19(2,3)16-9-7-15(8-10-16)18(22)21-13-12-20-11-5-4-6-17(20)14-21/h7-10,17H,4-6,11-14H2,1-3H3. The summed E-state index contributed by atoms with van der Waals surface area (Å²) < 4.78 is 0. The number of benzene rings is 1. The lowest BCUT2D eigenvalue weighted by molar-refractivity contribution is 0.0372. The molecule has 120 valence electrons. The fraction of sp³-hybridized carbons (Fsp3) is 0.632. The van der Waals surface area contributed by atoms with Crippen LogP contribution in [-0.2, 0) is 5.41 Å². The Labute approximate surface area is 134 Å². The van der Waals surface area contributed by atoms with Crippen LogP contribution in [0, 0.1) is 0 Å². The van der Waals surface area contributed by atoms with Crippen molar-refractivity contribution in [1.82, 2.24) is 9.80 Å². The van der Waals surface area contributed by atoms with Crippen molar-refractivity contribution in [3.05, 3.63) is 35.4 Å². The Kier molecular flexibility index (Phi) is 4.26. The Morgan fingerprint density at radius 3 is 2.45 bits per heavy atom. The van der Waals surface area contributed by atoms with E-state index in [-0.39, 0.29) is 11.3 Å². The topological polar surface area (TPSA) is 23.6 Å². The first-order valence-electron chi connectivity index (χ1n) is 8.59. The molecule has 2 saturated heterocycles. The van der Waals surface area contributed by atoms with Crippen LogP contribution < -0.4 is 0 Å². The van der Waals surface area contributed by atoms with Crippen LogP contribution >= 0.6 is 0 Å². The number of carbonyl (C=O) groups excluding carboxylic acids is 1. The molecule has 0 N–H and O–H groups in total. The number of fused-ring (bicyclic) bond motifs is 1. The molecular weight excluding hydrogens is 272 g/mol. The summed E-state index contributed by atoms with van der Waals surface area (Å²) in [6, 6.07) is 8.78. The summed E-state index contributed by atoms with van der Waals surface area (Å²) in [4.78, 5) is 17.4. The van der Waals surface area contributed by atoms with E-state index < -0.39 is 0 Å². The van der Waals surface area contributed by atoms with Crippen molar-refractivity contribution in [3.63, 3.8) is 0 Å². The van der Waals surface area contributed by atoms with E-state index in [4.69, 9.17) is 0 Å². The normalized spacial score (nSPS) is 23.2. The van der Waals surface area contributed by atoms with Crippen LogP contribution in [0.25, 0.3) is 0 Å². The van der Waals surface area contributed by atoms with Gasteiger partial charge in [-0.05, 0) is 42.5 Å². The highest BCUT2D eigenvalue weighted by molar-refractivity contribution is 5.94. The van der Waals surface area contributed by atoms with Crippen LogP contribution in [0.15, 0.2) is 24.3 Å². The molecule has 0 spiro atoms. The van der Waals surface area contributed by atoms with Crippen molar-refractivity contribution in [3.8, 4) is 0 Å². The average molecular weight is 300 g/mol. The van der Waals surface area contributed by atoms with Gasteiger partial charge in [0, 0.05) is 31.2 Å². The molecule has 2 aliphatic heterocycles. The lowest BCUT2D eigenvalue weighted by atomic mass is 9.86. The molecule has 0 radical (unpaired) electrons. The van der Waals surface area contributed by atoms with Gasteiger partial charge in [-0.25, -0.2) is 0 Å². The van der Waals surface area contributed by atoms with E-state index in [0.717, 1.165) is 25.2 Å². The van der Waals surface area contributed by atoms with Crippen LogP contribution in [0.5, 0.6) is 0 Å². The maximum absolute atomic E-state index is 12.7. The molecule has 1 amide bonds. The summed E-state index contributed by atoms with van der Waals surface area (Å²) in [6.07, 6.45) is 3.87. The zero-order valence-corrected chi connectivity index (χ0v) is 14.1. The minimum atomic E-state index is 0.134. The molecule has 1 atom stereocenters. The fourth-order valence-corrected chi connectivity index (χ4v) is 3.64. The van der Waals surface area contributed by atoms with E-state index >= 15 is 0 Å². The summed E-state index contributed by atoms with van der Waals surface area (Å²) in [5.74, 6) is 0.200. The van der Waals surface area contributed by atoms with Crippen molar-refractivity contribution in [2.24, 2.45) is 0 Å². The molecule has 0 aromatic heterocycles. The molecule has 1 aromatic carbocycles. The third-order valence-electron chi connectivity index (χ3n) is 5.12. The second-order valence-electron chi connectivity index (χ2n) is 7.76. The van der Waals surface area contributed by atoms with Crippen molar-refractivity contribution in [1.29, 1.82) is 0 Å². The van der Waals surface area contributed by atoms with Gasteiger partial charge >= 0.3 is 0 Å². The average Bonchev–Trinajstić information content (AvgIpc) is 2.53. The van der Waals surface area contributed by atoms with E-state index in [1.165, 1.54) is 31.4 Å². The number of carbonyl (C=O) groups is 1. The molecule has 1 unspecified atom stereocenters. The van der Waals surface area contributed by atoms with Crippen LogP contribution in [0.1, 0.15) is 56.0 Å². The van der Waals surface area contributed by atoms with Crippen molar-refractivity contribution in [2.75, 3.05) is 26.2 Å². The number of hydrogen-bond donors (Lipinski definition) is 0. The largest absolute Gasteiger partial charge is 0.336 e. The van der Waals surface area contributed by atoms with Crippen LogP contribution in [0.2, 0.25) is 0 Å². The summed E-state index contributed by atoms with van der Waals surface area (Å²) in [7, 11) is 0. The molecule has 3 heteroatoms.